The zero-order chi connectivity index (χ0) is 24.2. The molecule has 0 spiro atoms. The number of aromatic nitrogens is 2. The Bertz CT molecular complexity index is 1590. The maximum absolute atomic E-state index is 11.5. The molecule has 0 saturated heterocycles. The normalized spacial score (nSPS) is 16.1. The summed E-state index contributed by atoms with van der Waals surface area (Å²) in [5, 5.41) is 0.644. The number of ether oxygens (including phenoxy) is 2. The van der Waals surface area contributed by atoms with Crippen LogP contribution in [-0.2, 0) is 10.3 Å². The quantitative estimate of drug-likeness (QED) is 0.215. The summed E-state index contributed by atoms with van der Waals surface area (Å²) in [5.41, 5.74) is 5.28. The van der Waals surface area contributed by atoms with Gasteiger partial charge in [0.05, 0.1) is 18.1 Å². The van der Waals surface area contributed by atoms with Crippen molar-refractivity contribution in [3.8, 4) is 22.9 Å². The molecule has 0 fully saturated rings. The lowest BCUT2D eigenvalue weighted by Gasteiger charge is -2.35. The number of imidazole rings is 1. The van der Waals surface area contributed by atoms with Crippen molar-refractivity contribution >= 4 is 28.6 Å². The van der Waals surface area contributed by atoms with Crippen LogP contribution >= 0.6 is 11.6 Å². The first kappa shape index (κ1) is 21.4. The van der Waals surface area contributed by atoms with Crippen LogP contribution in [0, 0.1) is 0 Å². The van der Waals surface area contributed by atoms with Gasteiger partial charge in [-0.3, -0.25) is 4.79 Å². The van der Waals surface area contributed by atoms with Crippen molar-refractivity contribution < 1.29 is 14.3 Å². The number of nitrogens with zero attached hydrogens (tertiary/aromatic N) is 2. The smallest absolute Gasteiger partial charge is 0.308 e. The van der Waals surface area contributed by atoms with Gasteiger partial charge < -0.3 is 14.0 Å². The summed E-state index contributed by atoms with van der Waals surface area (Å²) < 4.78 is 13.0. The first-order chi connectivity index (χ1) is 17.0. The van der Waals surface area contributed by atoms with E-state index in [-0.39, 0.29) is 5.97 Å². The Labute approximate surface area is 207 Å². The van der Waals surface area contributed by atoms with Crippen LogP contribution in [0.3, 0.4) is 0 Å². The highest BCUT2D eigenvalue weighted by Crippen LogP contribution is 2.53. The van der Waals surface area contributed by atoms with Gasteiger partial charge in [0.25, 0.3) is 0 Å². The number of carbonyl (C=O) groups is 1. The number of methoxy groups -OCH3 is 1. The van der Waals surface area contributed by atoms with E-state index in [1.165, 1.54) is 6.92 Å². The molecule has 6 rings (SSSR count). The van der Waals surface area contributed by atoms with Gasteiger partial charge >= 0.3 is 5.97 Å². The molecule has 1 aromatic heterocycles. The summed E-state index contributed by atoms with van der Waals surface area (Å²) in [6, 6.07) is 29.9. The van der Waals surface area contributed by atoms with Gasteiger partial charge in [0.15, 0.2) is 0 Å². The standard InChI is InChI=1S/C29H21ClN2O3/c1-18(33)35-23-14-9-20(10-15-23)29(19-7-12-22(34-2)13-8-19)25-6-4-3-5-24(25)28-31-26-16-11-21(30)17-27(26)32(28)29/h3-17H,1-2H3. The molecule has 0 radical (unpaired) electrons. The van der Waals surface area contributed by atoms with Crippen molar-refractivity contribution in [2.24, 2.45) is 0 Å². The average molecular weight is 481 g/mol. The number of benzene rings is 4. The van der Waals surface area contributed by atoms with Gasteiger partial charge in [0.1, 0.15) is 22.9 Å². The lowest BCUT2D eigenvalue weighted by atomic mass is 9.77. The molecule has 0 amide bonds. The second kappa shape index (κ2) is 8.00. The molecule has 1 atom stereocenters. The molecule has 0 aliphatic carbocycles. The third-order valence-corrected chi connectivity index (χ3v) is 6.79. The lowest BCUT2D eigenvalue weighted by Crippen LogP contribution is -2.34. The average Bonchev–Trinajstić information content (AvgIpc) is 3.38. The number of hydrogen-bond donors (Lipinski definition) is 0. The van der Waals surface area contributed by atoms with E-state index < -0.39 is 5.54 Å². The molecule has 35 heavy (non-hydrogen) atoms. The van der Waals surface area contributed by atoms with Crippen LogP contribution in [-0.4, -0.2) is 22.6 Å². The minimum Gasteiger partial charge on any atom is -0.497 e. The minimum absolute atomic E-state index is 0.355. The number of hydrogen-bond acceptors (Lipinski definition) is 4. The number of rotatable bonds is 4. The minimum atomic E-state index is -0.730. The zero-order valence-corrected chi connectivity index (χ0v) is 19.9. The van der Waals surface area contributed by atoms with E-state index in [0.717, 1.165) is 44.9 Å². The van der Waals surface area contributed by atoms with Crippen LogP contribution in [0.5, 0.6) is 11.5 Å². The molecule has 2 heterocycles. The molecule has 0 saturated carbocycles. The molecular formula is C29H21ClN2O3. The Morgan fingerprint density at radius 3 is 2.20 bits per heavy atom. The molecule has 0 N–H and O–H groups in total. The molecule has 0 bridgehead atoms. The molecule has 1 unspecified atom stereocenters. The van der Waals surface area contributed by atoms with Crippen LogP contribution in [0.2, 0.25) is 5.02 Å². The Balaban J connectivity index is 1.73. The highest BCUT2D eigenvalue weighted by atomic mass is 35.5. The zero-order valence-electron chi connectivity index (χ0n) is 19.2. The van der Waals surface area contributed by atoms with E-state index >= 15 is 0 Å². The molecule has 1 aliphatic heterocycles. The van der Waals surface area contributed by atoms with Crippen LogP contribution in [0.25, 0.3) is 22.4 Å². The van der Waals surface area contributed by atoms with Gasteiger partial charge in [-0.1, -0.05) is 60.1 Å². The molecule has 1 aliphatic rings. The number of esters is 1. The van der Waals surface area contributed by atoms with Crippen molar-refractivity contribution in [3.63, 3.8) is 0 Å². The third kappa shape index (κ3) is 3.16. The SMILES string of the molecule is COc1ccc(C2(c3ccc(OC(C)=O)cc3)c3ccccc3-c3nc4ccc(Cl)cc4n32)cc1. The van der Waals surface area contributed by atoms with E-state index in [0.29, 0.717) is 10.8 Å². The van der Waals surface area contributed by atoms with Gasteiger partial charge in [-0.05, 0) is 59.2 Å². The summed E-state index contributed by atoms with van der Waals surface area (Å²) >= 11 is 6.48. The highest BCUT2D eigenvalue weighted by molar-refractivity contribution is 6.31. The Morgan fingerprint density at radius 1 is 0.886 bits per heavy atom. The molecule has 4 aromatic carbocycles. The topological polar surface area (TPSA) is 53.4 Å². The second-order valence-electron chi connectivity index (χ2n) is 8.51. The van der Waals surface area contributed by atoms with Crippen molar-refractivity contribution in [3.05, 3.63) is 113 Å². The summed E-state index contributed by atoms with van der Waals surface area (Å²) in [6.07, 6.45) is 0. The van der Waals surface area contributed by atoms with E-state index in [1.54, 1.807) is 7.11 Å². The Hall–Kier alpha value is -4.09. The molecular weight excluding hydrogens is 460 g/mol. The summed E-state index contributed by atoms with van der Waals surface area (Å²) in [7, 11) is 1.66. The second-order valence-corrected chi connectivity index (χ2v) is 8.94. The molecule has 5 nitrogen and oxygen atoms in total. The molecule has 6 heteroatoms. The first-order valence-electron chi connectivity index (χ1n) is 11.2. The molecule has 172 valence electrons. The number of halogens is 1. The van der Waals surface area contributed by atoms with Crippen molar-refractivity contribution in [1.29, 1.82) is 0 Å². The van der Waals surface area contributed by atoms with Gasteiger partial charge in [0, 0.05) is 17.5 Å². The lowest BCUT2D eigenvalue weighted by molar-refractivity contribution is -0.131. The first-order valence-corrected chi connectivity index (χ1v) is 11.6. The Kier molecular flexibility index (Phi) is 4.90. The van der Waals surface area contributed by atoms with Crippen molar-refractivity contribution in [2.75, 3.05) is 7.11 Å². The highest BCUT2D eigenvalue weighted by Gasteiger charge is 2.47. The summed E-state index contributed by atoms with van der Waals surface area (Å²) in [4.78, 5) is 16.5. The van der Waals surface area contributed by atoms with Crippen LogP contribution in [0.1, 0.15) is 23.6 Å². The molecule has 5 aromatic rings. The van der Waals surface area contributed by atoms with Crippen LogP contribution < -0.4 is 9.47 Å². The van der Waals surface area contributed by atoms with Crippen molar-refractivity contribution in [1.82, 2.24) is 9.55 Å². The number of carbonyl (C=O) groups excluding carboxylic acids is 1. The van der Waals surface area contributed by atoms with Gasteiger partial charge in [-0.25, -0.2) is 4.98 Å². The third-order valence-electron chi connectivity index (χ3n) is 6.55. The van der Waals surface area contributed by atoms with E-state index in [2.05, 4.69) is 28.8 Å². The monoisotopic (exact) mass is 480 g/mol. The predicted molar refractivity (Wildman–Crippen MR) is 136 cm³/mol. The van der Waals surface area contributed by atoms with Crippen molar-refractivity contribution in [2.45, 2.75) is 12.5 Å². The van der Waals surface area contributed by atoms with E-state index in [1.807, 2.05) is 66.7 Å². The van der Waals surface area contributed by atoms with Gasteiger partial charge in [-0.2, -0.15) is 0 Å². The van der Waals surface area contributed by atoms with Gasteiger partial charge in [-0.15, -0.1) is 0 Å². The number of fused-ring (bicyclic) bond motifs is 5. The fraction of sp³-hybridized carbons (Fsp3) is 0.103. The summed E-state index contributed by atoms with van der Waals surface area (Å²) in [6.45, 7) is 1.40. The fourth-order valence-electron chi connectivity index (χ4n) is 5.18. The van der Waals surface area contributed by atoms with E-state index in [9.17, 15) is 4.79 Å². The van der Waals surface area contributed by atoms with Gasteiger partial charge in [0.2, 0.25) is 0 Å². The maximum Gasteiger partial charge on any atom is 0.308 e. The predicted octanol–water partition coefficient (Wildman–Crippen LogP) is 6.44. The van der Waals surface area contributed by atoms with Crippen LogP contribution in [0.15, 0.2) is 91.0 Å². The maximum atomic E-state index is 11.5. The van der Waals surface area contributed by atoms with Crippen LogP contribution in [0.4, 0.5) is 0 Å². The van der Waals surface area contributed by atoms with E-state index in [4.69, 9.17) is 26.1 Å². The summed E-state index contributed by atoms with van der Waals surface area (Å²) in [5.74, 6) is 1.79. The fourth-order valence-corrected chi connectivity index (χ4v) is 5.35. The largest absolute Gasteiger partial charge is 0.497 e. The Morgan fingerprint density at radius 2 is 1.54 bits per heavy atom.